The molecule has 0 saturated carbocycles. The highest BCUT2D eigenvalue weighted by Gasteiger charge is 2.65. The number of hydrogen-bond donors (Lipinski definition) is 1. The van der Waals surface area contributed by atoms with E-state index in [1.54, 1.807) is 0 Å². The molecule has 2 saturated heterocycles. The molecule has 1 aromatic carbocycles. The summed E-state index contributed by atoms with van der Waals surface area (Å²) in [5.41, 5.74) is -0.574. The van der Waals surface area contributed by atoms with Crippen LogP contribution in [-0.4, -0.2) is 40.5 Å². The molecular weight excluding hydrogens is 326 g/mol. The summed E-state index contributed by atoms with van der Waals surface area (Å²) in [5, 5.41) is 3.13. The molecular formula is C21H31N3O2. The Balaban J connectivity index is 2.11. The number of likely N-dealkylation sites (tertiary alicyclic amines) is 1. The lowest BCUT2D eigenvalue weighted by Crippen LogP contribution is -2.74. The van der Waals surface area contributed by atoms with E-state index in [0.717, 1.165) is 12.8 Å². The molecule has 0 aliphatic carbocycles. The van der Waals surface area contributed by atoms with Crippen LogP contribution < -0.4 is 10.2 Å². The third-order valence-corrected chi connectivity index (χ3v) is 7.52. The summed E-state index contributed by atoms with van der Waals surface area (Å²) in [6.07, 6.45) is 2.45. The fourth-order valence-electron chi connectivity index (χ4n) is 5.03. The first-order valence-corrected chi connectivity index (χ1v) is 9.62. The molecule has 2 fully saturated rings. The van der Waals surface area contributed by atoms with Gasteiger partial charge < -0.3 is 5.32 Å². The van der Waals surface area contributed by atoms with Crippen molar-refractivity contribution in [3.05, 3.63) is 30.3 Å². The number of para-hydroxylation sites is 1. The zero-order valence-electron chi connectivity index (χ0n) is 16.8. The first-order valence-electron chi connectivity index (χ1n) is 9.62. The van der Waals surface area contributed by atoms with Crippen LogP contribution in [-0.2, 0) is 4.79 Å². The van der Waals surface area contributed by atoms with E-state index in [-0.39, 0.29) is 28.9 Å². The Kier molecular flexibility index (Phi) is 4.42. The quantitative estimate of drug-likeness (QED) is 0.838. The molecule has 3 amide bonds. The molecule has 0 aromatic heterocycles. The average molecular weight is 357 g/mol. The zero-order valence-corrected chi connectivity index (χ0v) is 16.8. The van der Waals surface area contributed by atoms with Crippen LogP contribution in [0.25, 0.3) is 0 Å². The Bertz CT molecular complexity index is 721. The molecule has 26 heavy (non-hydrogen) atoms. The maximum Gasteiger partial charge on any atom is 0.329 e. The van der Waals surface area contributed by atoms with Crippen molar-refractivity contribution in [2.45, 2.75) is 70.5 Å². The second-order valence-corrected chi connectivity index (χ2v) is 8.40. The molecule has 1 aromatic rings. The minimum Gasteiger partial charge on any atom is -0.322 e. The Hall–Kier alpha value is -1.88. The van der Waals surface area contributed by atoms with E-state index in [0.29, 0.717) is 12.1 Å². The molecule has 0 radical (unpaired) electrons. The Morgan fingerprint density at radius 2 is 1.73 bits per heavy atom. The highest BCUT2D eigenvalue weighted by atomic mass is 16.2. The van der Waals surface area contributed by atoms with Gasteiger partial charge in [0.25, 0.3) is 5.91 Å². The summed E-state index contributed by atoms with van der Waals surface area (Å²) in [4.78, 5) is 30.3. The molecule has 142 valence electrons. The minimum absolute atomic E-state index is 0.00483. The van der Waals surface area contributed by atoms with Crippen LogP contribution in [0, 0.1) is 5.92 Å². The second kappa shape index (κ2) is 6.08. The molecule has 1 spiro atoms. The minimum atomic E-state index is -0.866. The summed E-state index contributed by atoms with van der Waals surface area (Å²) >= 11 is 0. The maximum absolute atomic E-state index is 13.6. The van der Waals surface area contributed by atoms with E-state index in [1.165, 1.54) is 4.90 Å². The van der Waals surface area contributed by atoms with E-state index in [9.17, 15) is 9.59 Å². The number of carbonyl (C=O) groups excluding carboxylic acids is 2. The average Bonchev–Trinajstić information content (AvgIpc) is 2.89. The van der Waals surface area contributed by atoms with Crippen molar-refractivity contribution in [3.8, 4) is 0 Å². The zero-order chi connectivity index (χ0) is 19.3. The SMILES string of the molecule is CCC1(C)CC2(NC(=O)N(c3ccccc3)C2=O)C(C)C(C)(CC)N1C. The molecule has 5 nitrogen and oxygen atoms in total. The van der Waals surface area contributed by atoms with Crippen LogP contribution >= 0.6 is 0 Å². The number of benzene rings is 1. The number of urea groups is 1. The van der Waals surface area contributed by atoms with Gasteiger partial charge in [0, 0.05) is 17.0 Å². The second-order valence-electron chi connectivity index (χ2n) is 8.40. The number of rotatable bonds is 3. The lowest BCUT2D eigenvalue weighted by atomic mass is 9.60. The normalized spacial score (nSPS) is 38.1. The lowest BCUT2D eigenvalue weighted by molar-refractivity contribution is -0.143. The smallest absolute Gasteiger partial charge is 0.322 e. The molecule has 1 N–H and O–H groups in total. The maximum atomic E-state index is 13.6. The molecule has 2 heterocycles. The van der Waals surface area contributed by atoms with Gasteiger partial charge in [-0.3, -0.25) is 9.69 Å². The van der Waals surface area contributed by atoms with Crippen LogP contribution in [0.1, 0.15) is 53.9 Å². The highest BCUT2D eigenvalue weighted by molar-refractivity contribution is 6.23. The number of carbonyl (C=O) groups is 2. The van der Waals surface area contributed by atoms with E-state index >= 15 is 0 Å². The van der Waals surface area contributed by atoms with E-state index < -0.39 is 5.54 Å². The third kappa shape index (κ3) is 2.33. The fraction of sp³-hybridized carbons (Fsp3) is 0.619. The summed E-state index contributed by atoms with van der Waals surface area (Å²) in [5.74, 6) is -0.122. The molecule has 2 aliphatic rings. The third-order valence-electron chi connectivity index (χ3n) is 7.52. The van der Waals surface area contributed by atoms with Crippen molar-refractivity contribution in [2.75, 3.05) is 11.9 Å². The Labute approximate surface area is 156 Å². The molecule has 5 heteroatoms. The predicted octanol–water partition coefficient (Wildman–Crippen LogP) is 3.79. The van der Waals surface area contributed by atoms with Crippen molar-refractivity contribution in [1.82, 2.24) is 10.2 Å². The number of nitrogens with zero attached hydrogens (tertiary/aromatic N) is 2. The van der Waals surface area contributed by atoms with Crippen LogP contribution in [0.15, 0.2) is 30.3 Å². The number of amides is 3. The predicted molar refractivity (Wildman–Crippen MR) is 104 cm³/mol. The van der Waals surface area contributed by atoms with Crippen molar-refractivity contribution < 1.29 is 9.59 Å². The van der Waals surface area contributed by atoms with Gasteiger partial charge in [-0.15, -0.1) is 0 Å². The number of anilines is 1. The first-order chi connectivity index (χ1) is 12.2. The number of hydrogen-bond acceptors (Lipinski definition) is 3. The van der Waals surface area contributed by atoms with Crippen molar-refractivity contribution in [1.29, 1.82) is 0 Å². The standard InChI is InChI=1S/C21H31N3O2/c1-7-19(4)14-21(15(3)20(5,8-2)23(19)6)17(25)24(18(26)22-21)16-12-10-9-11-13-16/h9-13,15H,7-8,14H2,1-6H3,(H,22,26). The van der Waals surface area contributed by atoms with Gasteiger partial charge in [0.05, 0.1) is 5.69 Å². The molecule has 4 atom stereocenters. The van der Waals surface area contributed by atoms with Crippen LogP contribution in [0.2, 0.25) is 0 Å². The lowest BCUT2D eigenvalue weighted by Gasteiger charge is -2.62. The van der Waals surface area contributed by atoms with Gasteiger partial charge in [0.15, 0.2) is 0 Å². The van der Waals surface area contributed by atoms with E-state index in [1.807, 2.05) is 30.3 Å². The first kappa shape index (κ1) is 18.9. The van der Waals surface area contributed by atoms with Gasteiger partial charge in [-0.2, -0.15) is 0 Å². The van der Waals surface area contributed by atoms with Gasteiger partial charge >= 0.3 is 6.03 Å². The summed E-state index contributed by atoms with van der Waals surface area (Å²) in [6.45, 7) is 10.9. The van der Waals surface area contributed by atoms with Gasteiger partial charge in [0.2, 0.25) is 0 Å². The van der Waals surface area contributed by atoms with Gasteiger partial charge in [0.1, 0.15) is 5.54 Å². The van der Waals surface area contributed by atoms with E-state index in [2.05, 4.69) is 51.9 Å². The Morgan fingerprint density at radius 1 is 1.12 bits per heavy atom. The number of piperidine rings is 1. The topological polar surface area (TPSA) is 52.7 Å². The van der Waals surface area contributed by atoms with Crippen molar-refractivity contribution >= 4 is 17.6 Å². The summed E-state index contributed by atoms with van der Waals surface area (Å²) < 4.78 is 0. The van der Waals surface area contributed by atoms with Gasteiger partial charge in [-0.1, -0.05) is 39.0 Å². The van der Waals surface area contributed by atoms with Crippen LogP contribution in [0.3, 0.4) is 0 Å². The summed E-state index contributed by atoms with van der Waals surface area (Å²) in [7, 11) is 2.16. The summed E-state index contributed by atoms with van der Waals surface area (Å²) in [6, 6.07) is 8.91. The van der Waals surface area contributed by atoms with Gasteiger partial charge in [-0.25, -0.2) is 9.69 Å². The molecule has 4 unspecified atom stereocenters. The largest absolute Gasteiger partial charge is 0.329 e. The highest BCUT2D eigenvalue weighted by Crippen LogP contribution is 2.51. The Morgan fingerprint density at radius 3 is 2.27 bits per heavy atom. The monoisotopic (exact) mass is 357 g/mol. The van der Waals surface area contributed by atoms with Crippen molar-refractivity contribution in [2.24, 2.45) is 5.92 Å². The number of nitrogens with one attached hydrogen (secondary N) is 1. The number of imide groups is 1. The fourth-order valence-corrected chi connectivity index (χ4v) is 5.03. The molecule has 2 aliphatic heterocycles. The van der Waals surface area contributed by atoms with E-state index in [4.69, 9.17) is 0 Å². The molecule has 0 bridgehead atoms. The van der Waals surface area contributed by atoms with Crippen molar-refractivity contribution in [3.63, 3.8) is 0 Å². The van der Waals surface area contributed by atoms with Gasteiger partial charge in [-0.05, 0) is 52.3 Å². The van der Waals surface area contributed by atoms with Crippen LogP contribution in [0.4, 0.5) is 10.5 Å². The van der Waals surface area contributed by atoms with Crippen LogP contribution in [0.5, 0.6) is 0 Å². The molecule has 3 rings (SSSR count).